The second-order valence-corrected chi connectivity index (χ2v) is 13.2. The van der Waals surface area contributed by atoms with E-state index in [0.717, 1.165) is 12.8 Å². The summed E-state index contributed by atoms with van der Waals surface area (Å²) < 4.78 is 5.39. The minimum atomic E-state index is -0.840. The van der Waals surface area contributed by atoms with Crippen molar-refractivity contribution >= 4 is 29.7 Å². The largest absolute Gasteiger partial charge is 0.481 e. The van der Waals surface area contributed by atoms with Gasteiger partial charge in [0.05, 0.1) is 19.4 Å². The van der Waals surface area contributed by atoms with Crippen LogP contribution in [0.3, 0.4) is 0 Å². The highest BCUT2D eigenvalue weighted by Crippen LogP contribution is 2.14. The summed E-state index contributed by atoms with van der Waals surface area (Å²) in [4.78, 5) is 31.7. The highest BCUT2D eigenvalue weighted by Gasteiger charge is 2.03. The van der Waals surface area contributed by atoms with Crippen LogP contribution >= 0.6 is 11.8 Å². The first-order chi connectivity index (χ1) is 20.9. The molecular weight excluding hydrogens is 560 g/mol. The Morgan fingerprint density at radius 3 is 1.07 bits per heavy atom. The predicted molar refractivity (Wildman–Crippen MR) is 184 cm³/mol. The lowest BCUT2D eigenvalue weighted by Crippen LogP contribution is -2.05. The van der Waals surface area contributed by atoms with Gasteiger partial charge in [0.1, 0.15) is 0 Å². The van der Waals surface area contributed by atoms with E-state index in [1.54, 1.807) is 0 Å². The summed E-state index contributed by atoms with van der Waals surface area (Å²) in [7, 11) is 0. The van der Waals surface area contributed by atoms with Gasteiger partial charge in [0.25, 0.3) is 0 Å². The van der Waals surface area contributed by atoms with Gasteiger partial charge in [-0.15, -0.1) is 0 Å². The number of ether oxygens (including phenoxy) is 1. The Hall–Kier alpha value is -1.24. The molecule has 0 atom stereocenters. The van der Waals surface area contributed by atoms with Crippen LogP contribution in [0, 0.1) is 0 Å². The maximum atomic E-state index is 11.8. The predicted octanol–water partition coefficient (Wildman–Crippen LogP) is 11.4. The van der Waals surface area contributed by atoms with Gasteiger partial charge in [0.15, 0.2) is 0 Å². The molecule has 0 aromatic heterocycles. The molecule has 0 saturated carbocycles. The van der Waals surface area contributed by atoms with E-state index in [1.807, 2.05) is 0 Å². The second kappa shape index (κ2) is 38.8. The molecule has 0 unspecified atom stereocenters. The topological polar surface area (TPSA) is 101 Å². The molecule has 0 amide bonds. The van der Waals surface area contributed by atoms with Crippen LogP contribution in [-0.2, 0) is 19.1 Å². The summed E-state index contributed by atoms with van der Waals surface area (Å²) in [5.41, 5.74) is 0. The van der Waals surface area contributed by atoms with Crippen molar-refractivity contribution in [3.05, 3.63) is 0 Å². The van der Waals surface area contributed by atoms with E-state index >= 15 is 0 Å². The normalized spacial score (nSPS) is 10.7. The minimum absolute atomic E-state index is 0.0237. The first kappa shape index (κ1) is 43.9. The lowest BCUT2D eigenvalue weighted by atomic mass is 10.0. The van der Waals surface area contributed by atoms with E-state index in [2.05, 4.69) is 13.8 Å². The number of rotatable bonds is 33. The number of carboxylic acids is 2. The molecule has 256 valence electrons. The van der Waals surface area contributed by atoms with Gasteiger partial charge >= 0.3 is 17.9 Å². The summed E-state index contributed by atoms with van der Waals surface area (Å²) >= 11 is 1.35. The highest BCUT2D eigenvalue weighted by atomic mass is 32.2. The van der Waals surface area contributed by atoms with Gasteiger partial charge in [0, 0.05) is 17.9 Å². The van der Waals surface area contributed by atoms with Gasteiger partial charge in [-0.1, -0.05) is 162 Å². The van der Waals surface area contributed by atoms with Gasteiger partial charge in [-0.25, -0.2) is 0 Å². The quantitative estimate of drug-likeness (QED) is 0.0549. The summed E-state index contributed by atoms with van der Waals surface area (Å²) in [6, 6.07) is 0. The first-order valence-electron chi connectivity index (χ1n) is 18.1. The van der Waals surface area contributed by atoms with Gasteiger partial charge in [-0.3, -0.25) is 14.4 Å². The maximum absolute atomic E-state index is 11.8. The van der Waals surface area contributed by atoms with Crippen molar-refractivity contribution < 1.29 is 29.3 Å². The average molecular weight is 631 g/mol. The number of carbonyl (C=O) groups is 3. The van der Waals surface area contributed by atoms with Crippen LogP contribution in [-0.4, -0.2) is 46.2 Å². The molecule has 0 aliphatic rings. The molecule has 0 spiro atoms. The van der Waals surface area contributed by atoms with E-state index in [-0.39, 0.29) is 18.8 Å². The molecule has 0 heterocycles. The van der Waals surface area contributed by atoms with Crippen molar-refractivity contribution in [3.8, 4) is 0 Å². The number of hydrogen-bond donors (Lipinski definition) is 2. The number of hydrogen-bond acceptors (Lipinski definition) is 5. The molecule has 0 aromatic rings. The van der Waals surface area contributed by atoms with Crippen LogP contribution < -0.4 is 0 Å². The van der Waals surface area contributed by atoms with Crippen LogP contribution in [0.4, 0.5) is 0 Å². The van der Waals surface area contributed by atoms with E-state index < -0.39 is 11.9 Å². The molecule has 0 radical (unpaired) electrons. The SMILES string of the molecule is CCCCCCCCCCCCCCCCCC(=O)OCCCCCCCCCCCC.O=C(O)CCSCCC(=O)O. The van der Waals surface area contributed by atoms with Crippen molar-refractivity contribution in [1.82, 2.24) is 0 Å². The van der Waals surface area contributed by atoms with Crippen molar-refractivity contribution in [2.75, 3.05) is 18.1 Å². The minimum Gasteiger partial charge on any atom is -0.481 e. The molecule has 7 heteroatoms. The van der Waals surface area contributed by atoms with Gasteiger partial charge < -0.3 is 14.9 Å². The van der Waals surface area contributed by atoms with E-state index in [4.69, 9.17) is 14.9 Å². The second-order valence-electron chi connectivity index (χ2n) is 12.0. The number of thioether (sulfide) groups is 1. The molecule has 6 nitrogen and oxygen atoms in total. The molecule has 0 aromatic carbocycles. The van der Waals surface area contributed by atoms with Gasteiger partial charge in [-0.05, 0) is 12.8 Å². The number of carboxylic acid groups (broad SMARTS) is 2. The maximum Gasteiger partial charge on any atom is 0.305 e. The van der Waals surface area contributed by atoms with Crippen LogP contribution in [0.1, 0.15) is 194 Å². The zero-order valence-electron chi connectivity index (χ0n) is 28.4. The van der Waals surface area contributed by atoms with E-state index in [1.165, 1.54) is 159 Å². The number of carbonyl (C=O) groups excluding carboxylic acids is 1. The molecule has 0 aliphatic heterocycles. The number of unbranched alkanes of at least 4 members (excludes halogenated alkanes) is 23. The zero-order chi connectivity index (χ0) is 32.1. The highest BCUT2D eigenvalue weighted by molar-refractivity contribution is 7.99. The summed E-state index contributed by atoms with van der Waals surface area (Å²) in [6.07, 6.45) is 34.4. The summed E-state index contributed by atoms with van der Waals surface area (Å²) in [5, 5.41) is 16.4. The van der Waals surface area contributed by atoms with Crippen molar-refractivity contribution in [1.29, 1.82) is 0 Å². The molecule has 2 N–H and O–H groups in total. The van der Waals surface area contributed by atoms with Gasteiger partial charge in [-0.2, -0.15) is 11.8 Å². The Balaban J connectivity index is 0. The Bertz CT molecular complexity index is 582. The Kier molecular flexibility index (Phi) is 39.6. The molecule has 43 heavy (non-hydrogen) atoms. The van der Waals surface area contributed by atoms with Crippen LogP contribution in [0.5, 0.6) is 0 Å². The van der Waals surface area contributed by atoms with Crippen molar-refractivity contribution in [3.63, 3.8) is 0 Å². The van der Waals surface area contributed by atoms with Crippen molar-refractivity contribution in [2.24, 2.45) is 0 Å². The molecular formula is C36H70O6S. The zero-order valence-corrected chi connectivity index (χ0v) is 29.2. The lowest BCUT2D eigenvalue weighted by molar-refractivity contribution is -0.144. The Morgan fingerprint density at radius 1 is 0.442 bits per heavy atom. The number of esters is 1. The monoisotopic (exact) mass is 630 g/mol. The Labute approximate surface area is 270 Å². The van der Waals surface area contributed by atoms with Gasteiger partial charge in [0.2, 0.25) is 0 Å². The molecule has 0 bridgehead atoms. The molecule has 0 saturated heterocycles. The fourth-order valence-electron chi connectivity index (χ4n) is 4.91. The average Bonchev–Trinajstić information content (AvgIpc) is 2.97. The fourth-order valence-corrected chi connectivity index (χ4v) is 5.75. The van der Waals surface area contributed by atoms with E-state index in [0.29, 0.717) is 24.5 Å². The van der Waals surface area contributed by atoms with Crippen molar-refractivity contribution in [2.45, 2.75) is 194 Å². The molecule has 0 fully saturated rings. The number of aliphatic carboxylic acids is 2. The molecule has 0 aliphatic carbocycles. The first-order valence-corrected chi connectivity index (χ1v) is 19.3. The third kappa shape index (κ3) is 45.3. The lowest BCUT2D eigenvalue weighted by Gasteiger charge is -2.06. The van der Waals surface area contributed by atoms with Crippen LogP contribution in [0.15, 0.2) is 0 Å². The smallest absolute Gasteiger partial charge is 0.305 e. The van der Waals surface area contributed by atoms with Crippen LogP contribution in [0.25, 0.3) is 0 Å². The summed E-state index contributed by atoms with van der Waals surface area (Å²) in [6.45, 7) is 5.19. The molecule has 0 rings (SSSR count). The third-order valence-corrected chi connectivity index (χ3v) is 8.65. The third-order valence-electron chi connectivity index (χ3n) is 7.67. The fraction of sp³-hybridized carbons (Fsp3) is 0.917. The van der Waals surface area contributed by atoms with Crippen LogP contribution in [0.2, 0.25) is 0 Å². The van der Waals surface area contributed by atoms with E-state index in [9.17, 15) is 14.4 Å². The Morgan fingerprint density at radius 2 is 0.744 bits per heavy atom. The summed E-state index contributed by atoms with van der Waals surface area (Å²) in [5.74, 6) is -0.679. The standard InChI is InChI=1S/C30H60O2.C6H10O4S/c1-3-5-7-9-11-13-15-16-17-18-19-20-22-24-26-28-30(31)32-29-27-25-23-21-14-12-10-8-6-4-2;7-5(8)1-3-11-4-2-6(9)10/h3-29H2,1-2H3;1-4H2,(H,7,8)(H,9,10).